The number of carbonyl (C=O) groups excluding carboxylic acids is 1. The average molecular weight is 447 g/mol. The number of hydrogen-bond donors (Lipinski definition) is 2. The van der Waals surface area contributed by atoms with Gasteiger partial charge in [-0.1, -0.05) is 23.2 Å². The summed E-state index contributed by atoms with van der Waals surface area (Å²) in [5.41, 5.74) is -0.0607. The molecule has 0 saturated carbocycles. The number of carbonyl (C=O) groups is 1. The first-order valence-corrected chi connectivity index (χ1v) is 10.7. The summed E-state index contributed by atoms with van der Waals surface area (Å²) in [7, 11) is -3.90. The van der Waals surface area contributed by atoms with Gasteiger partial charge in [0.25, 0.3) is 5.91 Å². The van der Waals surface area contributed by atoms with Crippen LogP contribution >= 0.6 is 23.2 Å². The number of halogens is 3. The fourth-order valence-corrected chi connectivity index (χ4v) is 4.29. The minimum absolute atomic E-state index is 0.111. The maximum atomic E-state index is 14.4. The highest BCUT2D eigenvalue weighted by atomic mass is 35.5. The van der Waals surface area contributed by atoms with E-state index in [1.807, 2.05) is 0 Å². The zero-order chi connectivity index (χ0) is 20.3. The summed E-state index contributed by atoms with van der Waals surface area (Å²) in [6, 6.07) is 7.51. The Kier molecular flexibility index (Phi) is 6.57. The predicted octanol–water partition coefficient (Wildman–Crippen LogP) is 3.84. The van der Waals surface area contributed by atoms with Gasteiger partial charge in [0.05, 0.1) is 27.3 Å². The highest BCUT2D eigenvalue weighted by molar-refractivity contribution is 7.89. The number of sulfonamides is 1. The van der Waals surface area contributed by atoms with Crippen LogP contribution in [-0.4, -0.2) is 33.6 Å². The summed E-state index contributed by atoms with van der Waals surface area (Å²) in [6.45, 7) is 0.727. The molecule has 1 fully saturated rings. The first kappa shape index (κ1) is 21.0. The molecule has 2 aromatic carbocycles. The van der Waals surface area contributed by atoms with Gasteiger partial charge in [0, 0.05) is 18.2 Å². The molecule has 1 saturated heterocycles. The fraction of sp³-hybridized carbons (Fsp3) is 0.278. The van der Waals surface area contributed by atoms with Crippen molar-refractivity contribution in [1.29, 1.82) is 0 Å². The Morgan fingerprint density at radius 1 is 1.21 bits per heavy atom. The van der Waals surface area contributed by atoms with Crippen molar-refractivity contribution in [2.24, 2.45) is 0 Å². The summed E-state index contributed by atoms with van der Waals surface area (Å²) in [6.07, 6.45) is 1.48. The molecule has 6 nitrogen and oxygen atoms in total. The van der Waals surface area contributed by atoms with E-state index in [1.165, 1.54) is 30.3 Å². The van der Waals surface area contributed by atoms with Gasteiger partial charge in [-0.15, -0.1) is 0 Å². The van der Waals surface area contributed by atoms with Crippen molar-refractivity contribution < 1.29 is 22.3 Å². The lowest BCUT2D eigenvalue weighted by Crippen LogP contribution is -2.31. The molecule has 1 aliphatic rings. The quantitative estimate of drug-likeness (QED) is 0.705. The van der Waals surface area contributed by atoms with E-state index in [2.05, 4.69) is 10.0 Å². The maximum Gasteiger partial charge on any atom is 0.257 e. The van der Waals surface area contributed by atoms with E-state index in [0.717, 1.165) is 18.9 Å². The monoisotopic (exact) mass is 446 g/mol. The Morgan fingerprint density at radius 2 is 2.00 bits per heavy atom. The number of hydrogen-bond acceptors (Lipinski definition) is 4. The Hall–Kier alpha value is -1.71. The van der Waals surface area contributed by atoms with Gasteiger partial charge in [0.15, 0.2) is 0 Å². The van der Waals surface area contributed by atoms with Crippen LogP contribution in [0.3, 0.4) is 0 Å². The number of anilines is 1. The molecule has 2 N–H and O–H groups in total. The fourth-order valence-electron chi connectivity index (χ4n) is 2.72. The molecule has 10 heteroatoms. The molecule has 1 amide bonds. The normalized spacial score (nSPS) is 16.9. The minimum Gasteiger partial charge on any atom is -0.377 e. The Morgan fingerprint density at radius 3 is 2.64 bits per heavy atom. The number of ether oxygens (including phenoxy) is 1. The lowest BCUT2D eigenvalue weighted by molar-refractivity contribution is 0.102. The van der Waals surface area contributed by atoms with Crippen LogP contribution in [0.15, 0.2) is 41.3 Å². The molecule has 2 aromatic rings. The highest BCUT2D eigenvalue weighted by Gasteiger charge is 2.22. The van der Waals surface area contributed by atoms with Crippen LogP contribution in [0.1, 0.15) is 23.2 Å². The van der Waals surface area contributed by atoms with Crippen LogP contribution in [0, 0.1) is 5.82 Å². The minimum atomic E-state index is -3.90. The standard InChI is InChI=1S/C18H17Cl2FN2O4S/c19-11-3-5-14(15(20)8-11)18(24)23-17-6-4-13(9-16(17)21)28(25,26)22-10-12-2-1-7-27-12/h3-6,8-9,12,22H,1-2,7,10H2,(H,23,24). The third kappa shape index (κ3) is 5.01. The SMILES string of the molecule is O=C(Nc1ccc(S(=O)(=O)NCC2CCCO2)cc1F)c1ccc(Cl)cc1Cl. The number of nitrogens with one attached hydrogen (secondary N) is 2. The summed E-state index contributed by atoms with van der Waals surface area (Å²) in [4.78, 5) is 12.0. The molecule has 0 bridgehead atoms. The molecule has 3 rings (SSSR count). The van der Waals surface area contributed by atoms with E-state index in [1.54, 1.807) is 0 Å². The van der Waals surface area contributed by atoms with E-state index in [0.29, 0.717) is 11.6 Å². The third-order valence-electron chi connectivity index (χ3n) is 4.20. The van der Waals surface area contributed by atoms with Crippen LogP contribution in [0.25, 0.3) is 0 Å². The van der Waals surface area contributed by atoms with Crippen molar-refractivity contribution in [3.63, 3.8) is 0 Å². The predicted molar refractivity (Wildman–Crippen MR) is 105 cm³/mol. The largest absolute Gasteiger partial charge is 0.377 e. The molecule has 150 valence electrons. The van der Waals surface area contributed by atoms with Crippen molar-refractivity contribution in [3.8, 4) is 0 Å². The second kappa shape index (κ2) is 8.75. The van der Waals surface area contributed by atoms with Crippen LogP contribution in [0.4, 0.5) is 10.1 Å². The zero-order valence-corrected chi connectivity index (χ0v) is 16.9. The highest BCUT2D eigenvalue weighted by Crippen LogP contribution is 2.24. The maximum absolute atomic E-state index is 14.4. The Bertz CT molecular complexity index is 995. The first-order chi connectivity index (χ1) is 13.3. The molecule has 0 aliphatic carbocycles. The Balaban J connectivity index is 1.71. The van der Waals surface area contributed by atoms with Gasteiger partial charge >= 0.3 is 0 Å². The molecular formula is C18H17Cl2FN2O4S. The van der Waals surface area contributed by atoms with Crippen molar-refractivity contribution in [1.82, 2.24) is 4.72 Å². The smallest absolute Gasteiger partial charge is 0.257 e. The molecule has 0 radical (unpaired) electrons. The molecule has 1 aliphatic heterocycles. The van der Waals surface area contributed by atoms with Gasteiger partial charge in [0.1, 0.15) is 5.82 Å². The van der Waals surface area contributed by atoms with Gasteiger partial charge in [0.2, 0.25) is 10.0 Å². The summed E-state index contributed by atoms with van der Waals surface area (Å²) < 4.78 is 46.8. The van der Waals surface area contributed by atoms with Gasteiger partial charge < -0.3 is 10.1 Å². The number of amides is 1. The van der Waals surface area contributed by atoms with E-state index in [4.69, 9.17) is 27.9 Å². The summed E-state index contributed by atoms with van der Waals surface area (Å²) in [5.74, 6) is -1.54. The molecular weight excluding hydrogens is 430 g/mol. The van der Waals surface area contributed by atoms with Gasteiger partial charge in [-0.05, 0) is 49.2 Å². The van der Waals surface area contributed by atoms with Crippen LogP contribution in [-0.2, 0) is 14.8 Å². The third-order valence-corrected chi connectivity index (χ3v) is 6.17. The van der Waals surface area contributed by atoms with E-state index in [-0.39, 0.29) is 33.8 Å². The van der Waals surface area contributed by atoms with Crippen molar-refractivity contribution >= 4 is 44.8 Å². The number of rotatable bonds is 6. The molecule has 0 spiro atoms. The molecule has 1 heterocycles. The topological polar surface area (TPSA) is 84.5 Å². The van der Waals surface area contributed by atoms with Gasteiger partial charge in [-0.3, -0.25) is 4.79 Å². The second-order valence-electron chi connectivity index (χ2n) is 6.21. The lowest BCUT2D eigenvalue weighted by Gasteiger charge is -2.13. The van der Waals surface area contributed by atoms with Crippen molar-refractivity contribution in [2.45, 2.75) is 23.8 Å². The molecule has 28 heavy (non-hydrogen) atoms. The second-order valence-corrected chi connectivity index (χ2v) is 8.82. The molecule has 1 unspecified atom stereocenters. The average Bonchev–Trinajstić information content (AvgIpc) is 3.15. The first-order valence-electron chi connectivity index (χ1n) is 8.43. The number of benzene rings is 2. The van der Waals surface area contributed by atoms with Crippen LogP contribution in [0.2, 0.25) is 10.0 Å². The summed E-state index contributed by atoms with van der Waals surface area (Å²) >= 11 is 11.8. The van der Waals surface area contributed by atoms with Crippen molar-refractivity contribution in [3.05, 3.63) is 57.8 Å². The van der Waals surface area contributed by atoms with Crippen LogP contribution in [0.5, 0.6) is 0 Å². The van der Waals surface area contributed by atoms with Gasteiger partial charge in [-0.2, -0.15) is 0 Å². The van der Waals surface area contributed by atoms with Gasteiger partial charge in [-0.25, -0.2) is 17.5 Å². The van der Waals surface area contributed by atoms with Crippen LogP contribution < -0.4 is 10.0 Å². The van der Waals surface area contributed by atoms with E-state index in [9.17, 15) is 17.6 Å². The summed E-state index contributed by atoms with van der Waals surface area (Å²) in [5, 5.41) is 2.84. The lowest BCUT2D eigenvalue weighted by atomic mass is 10.2. The van der Waals surface area contributed by atoms with E-state index < -0.39 is 21.7 Å². The Labute approximate surface area is 172 Å². The zero-order valence-electron chi connectivity index (χ0n) is 14.5. The van der Waals surface area contributed by atoms with E-state index >= 15 is 0 Å². The molecule has 1 atom stereocenters. The molecule has 0 aromatic heterocycles. The van der Waals surface area contributed by atoms with Crippen molar-refractivity contribution in [2.75, 3.05) is 18.5 Å².